The van der Waals surface area contributed by atoms with Gasteiger partial charge in [-0.2, -0.15) is 0 Å². The van der Waals surface area contributed by atoms with Gasteiger partial charge in [0.15, 0.2) is 5.69 Å². The average molecular weight is 230 g/mol. The Morgan fingerprint density at radius 1 is 1.44 bits per heavy atom. The van der Waals surface area contributed by atoms with Crippen LogP contribution in [0.1, 0.15) is 16.2 Å². The van der Waals surface area contributed by atoms with Crippen LogP contribution in [-0.2, 0) is 0 Å². The molecule has 16 heavy (non-hydrogen) atoms. The fourth-order valence-corrected chi connectivity index (χ4v) is 1.05. The van der Waals surface area contributed by atoms with Gasteiger partial charge in [0.2, 0.25) is 0 Å². The van der Waals surface area contributed by atoms with Gasteiger partial charge in [-0.25, -0.2) is 0 Å². The number of hydrogen-bond acceptors (Lipinski definition) is 6. The zero-order valence-corrected chi connectivity index (χ0v) is 8.80. The molecule has 7 nitrogen and oxygen atoms in total. The minimum absolute atomic E-state index is 0.0252. The van der Waals surface area contributed by atoms with Crippen LogP contribution in [0.4, 0.5) is 0 Å². The van der Waals surface area contributed by atoms with Crippen molar-refractivity contribution in [1.29, 1.82) is 0 Å². The first-order valence-electron chi connectivity index (χ1n) is 4.65. The number of aliphatic hydroxyl groups excluding tert-OH is 3. The van der Waals surface area contributed by atoms with Crippen molar-refractivity contribution >= 4 is 5.91 Å². The highest BCUT2D eigenvalue weighted by Crippen LogP contribution is 2.06. The lowest BCUT2D eigenvalue weighted by atomic mass is 10.0. The molecule has 1 heterocycles. The molecule has 0 saturated heterocycles. The second-order valence-corrected chi connectivity index (χ2v) is 3.53. The quantitative estimate of drug-likeness (QED) is 0.485. The number of nitrogens with zero attached hydrogens (tertiary/aromatic N) is 1. The van der Waals surface area contributed by atoms with Crippen molar-refractivity contribution in [3.05, 3.63) is 17.5 Å². The molecule has 0 fully saturated rings. The molecule has 4 N–H and O–H groups in total. The van der Waals surface area contributed by atoms with Crippen LogP contribution in [0.3, 0.4) is 0 Å². The molecule has 0 radical (unpaired) electrons. The summed E-state index contributed by atoms with van der Waals surface area (Å²) in [5, 5.41) is 32.8. The Balaban J connectivity index is 2.76. The van der Waals surface area contributed by atoms with Gasteiger partial charge >= 0.3 is 0 Å². The number of carbonyl (C=O) groups excluding carboxylic acids is 1. The predicted octanol–water partition coefficient (Wildman–Crippen LogP) is -1.57. The summed E-state index contributed by atoms with van der Waals surface area (Å²) >= 11 is 0. The fourth-order valence-electron chi connectivity index (χ4n) is 1.05. The number of rotatable bonds is 5. The third kappa shape index (κ3) is 2.57. The van der Waals surface area contributed by atoms with Crippen molar-refractivity contribution in [2.45, 2.75) is 12.5 Å². The molecule has 90 valence electrons. The molecule has 1 aromatic heterocycles. The largest absolute Gasteiger partial charge is 0.394 e. The normalized spacial score (nSPS) is 11.5. The van der Waals surface area contributed by atoms with Gasteiger partial charge < -0.3 is 25.2 Å². The van der Waals surface area contributed by atoms with Crippen LogP contribution in [0.15, 0.2) is 10.6 Å². The van der Waals surface area contributed by atoms with E-state index in [1.807, 2.05) is 0 Å². The Morgan fingerprint density at radius 2 is 2.00 bits per heavy atom. The standard InChI is InChI=1S/C9H14N2O5/c1-6-2-7(11-16-6)8(15)10-9(3-12,4-13)5-14/h2,12-14H,3-5H2,1H3,(H,10,15). The van der Waals surface area contributed by atoms with E-state index in [0.29, 0.717) is 5.76 Å². The molecule has 1 aromatic rings. The van der Waals surface area contributed by atoms with Crippen molar-refractivity contribution in [2.24, 2.45) is 0 Å². The summed E-state index contributed by atoms with van der Waals surface area (Å²) in [6.07, 6.45) is 0. The van der Waals surface area contributed by atoms with Crippen LogP contribution >= 0.6 is 0 Å². The molecule has 1 amide bonds. The summed E-state index contributed by atoms with van der Waals surface area (Å²) < 4.78 is 4.70. The van der Waals surface area contributed by atoms with Crippen LogP contribution < -0.4 is 5.32 Å². The summed E-state index contributed by atoms with van der Waals surface area (Å²) in [6.45, 7) is -0.116. The van der Waals surface area contributed by atoms with E-state index in [-0.39, 0.29) is 5.69 Å². The van der Waals surface area contributed by atoms with Crippen molar-refractivity contribution in [1.82, 2.24) is 10.5 Å². The van der Waals surface area contributed by atoms with Crippen molar-refractivity contribution in [2.75, 3.05) is 19.8 Å². The summed E-state index contributed by atoms with van der Waals surface area (Å²) in [5.41, 5.74) is -1.43. The molecule has 0 saturated carbocycles. The second kappa shape index (κ2) is 5.06. The lowest BCUT2D eigenvalue weighted by molar-refractivity contribution is 0.0371. The molecule has 0 aliphatic rings. The number of aliphatic hydroxyl groups is 3. The third-order valence-corrected chi connectivity index (χ3v) is 2.15. The number of aromatic nitrogens is 1. The molecular formula is C9H14N2O5. The third-order valence-electron chi connectivity index (χ3n) is 2.15. The van der Waals surface area contributed by atoms with Gasteiger partial charge in [-0.1, -0.05) is 5.16 Å². The van der Waals surface area contributed by atoms with E-state index in [9.17, 15) is 4.79 Å². The van der Waals surface area contributed by atoms with Crippen molar-refractivity contribution in [3.8, 4) is 0 Å². The maximum Gasteiger partial charge on any atom is 0.274 e. The topological polar surface area (TPSA) is 116 Å². The van der Waals surface area contributed by atoms with E-state index >= 15 is 0 Å². The molecule has 0 unspecified atom stereocenters. The van der Waals surface area contributed by atoms with E-state index < -0.39 is 31.3 Å². The average Bonchev–Trinajstić information content (AvgIpc) is 2.73. The van der Waals surface area contributed by atoms with Gasteiger partial charge in [0, 0.05) is 6.07 Å². The van der Waals surface area contributed by atoms with E-state index in [1.54, 1.807) is 6.92 Å². The zero-order chi connectivity index (χ0) is 12.2. The predicted molar refractivity (Wildman–Crippen MR) is 52.7 cm³/mol. The first-order valence-corrected chi connectivity index (χ1v) is 4.65. The lowest BCUT2D eigenvalue weighted by Gasteiger charge is -2.27. The molecule has 0 aliphatic heterocycles. The monoisotopic (exact) mass is 230 g/mol. The number of amides is 1. The Labute approximate surface area is 91.7 Å². The van der Waals surface area contributed by atoms with Gasteiger partial charge in [-0.3, -0.25) is 4.79 Å². The van der Waals surface area contributed by atoms with Crippen molar-refractivity contribution < 1.29 is 24.6 Å². The molecular weight excluding hydrogens is 216 g/mol. The maximum atomic E-state index is 11.6. The van der Waals surface area contributed by atoms with Crippen LogP contribution in [0.2, 0.25) is 0 Å². The second-order valence-electron chi connectivity index (χ2n) is 3.53. The van der Waals surface area contributed by atoms with Gasteiger partial charge in [-0.05, 0) is 6.92 Å². The Kier molecular flexibility index (Phi) is 3.99. The molecule has 7 heteroatoms. The molecule has 1 rings (SSSR count). The highest BCUT2D eigenvalue weighted by molar-refractivity contribution is 5.92. The molecule has 0 aromatic carbocycles. The van der Waals surface area contributed by atoms with E-state index in [0.717, 1.165) is 0 Å². The van der Waals surface area contributed by atoms with Crippen LogP contribution in [0, 0.1) is 6.92 Å². The molecule has 0 bridgehead atoms. The first kappa shape index (κ1) is 12.6. The van der Waals surface area contributed by atoms with Crippen LogP contribution in [0.5, 0.6) is 0 Å². The minimum atomic E-state index is -1.45. The van der Waals surface area contributed by atoms with Gasteiger partial charge in [0.25, 0.3) is 5.91 Å². The molecule has 0 aliphatic carbocycles. The number of aryl methyl sites for hydroxylation is 1. The van der Waals surface area contributed by atoms with Gasteiger partial charge in [0.05, 0.1) is 19.8 Å². The SMILES string of the molecule is Cc1cc(C(=O)NC(CO)(CO)CO)no1. The van der Waals surface area contributed by atoms with Gasteiger partial charge in [0.1, 0.15) is 11.3 Å². The van der Waals surface area contributed by atoms with Gasteiger partial charge in [-0.15, -0.1) is 0 Å². The number of carbonyl (C=O) groups is 1. The van der Waals surface area contributed by atoms with Crippen LogP contribution in [0.25, 0.3) is 0 Å². The highest BCUT2D eigenvalue weighted by Gasteiger charge is 2.31. The Morgan fingerprint density at radius 3 is 2.38 bits per heavy atom. The highest BCUT2D eigenvalue weighted by atomic mass is 16.5. The van der Waals surface area contributed by atoms with E-state index in [1.165, 1.54) is 6.07 Å². The summed E-state index contributed by atoms with van der Waals surface area (Å²) in [5.74, 6) is -0.165. The smallest absolute Gasteiger partial charge is 0.274 e. The summed E-state index contributed by atoms with van der Waals surface area (Å²) in [6, 6.07) is 1.41. The first-order chi connectivity index (χ1) is 7.56. The molecule has 0 spiro atoms. The number of hydrogen-bond donors (Lipinski definition) is 4. The van der Waals surface area contributed by atoms with Crippen molar-refractivity contribution in [3.63, 3.8) is 0 Å². The Hall–Kier alpha value is -1.44. The lowest BCUT2D eigenvalue weighted by Crippen LogP contribution is -2.57. The summed E-state index contributed by atoms with van der Waals surface area (Å²) in [4.78, 5) is 11.6. The Bertz CT molecular complexity index is 350. The van der Waals surface area contributed by atoms with Crippen LogP contribution in [-0.4, -0.2) is 51.7 Å². The fraction of sp³-hybridized carbons (Fsp3) is 0.556. The minimum Gasteiger partial charge on any atom is -0.394 e. The number of nitrogens with one attached hydrogen (secondary N) is 1. The van der Waals surface area contributed by atoms with E-state index in [2.05, 4.69) is 10.5 Å². The summed E-state index contributed by atoms with van der Waals surface area (Å²) in [7, 11) is 0. The zero-order valence-electron chi connectivity index (χ0n) is 8.80. The maximum absolute atomic E-state index is 11.6. The van der Waals surface area contributed by atoms with E-state index in [4.69, 9.17) is 19.8 Å². The molecule has 0 atom stereocenters.